The smallest absolute Gasteiger partial charge is 0.471 e. The van der Waals surface area contributed by atoms with Gasteiger partial charge in [-0.3, -0.25) is 4.79 Å². The number of ether oxygens (including phenoxy) is 4. The van der Waals surface area contributed by atoms with Gasteiger partial charge in [-0.2, -0.15) is 13.2 Å². The summed E-state index contributed by atoms with van der Waals surface area (Å²) in [6.45, 7) is 1.81. The second-order valence-corrected chi connectivity index (χ2v) is 9.87. The number of alkyl halides is 3. The molecule has 2 aromatic rings. The molecule has 0 N–H and O–H groups in total. The molecule has 0 spiro atoms. The van der Waals surface area contributed by atoms with E-state index >= 15 is 0 Å². The number of thiophene rings is 1. The second-order valence-electron chi connectivity index (χ2n) is 8.06. The molecule has 0 unspecified atom stereocenters. The summed E-state index contributed by atoms with van der Waals surface area (Å²) in [5, 5.41) is 0. The lowest BCUT2D eigenvalue weighted by Crippen LogP contribution is -2.45. The third kappa shape index (κ3) is 7.37. The third-order valence-electron chi connectivity index (χ3n) is 5.55. The van der Waals surface area contributed by atoms with E-state index in [1.165, 1.54) is 7.11 Å². The number of hydrogen-bond donors (Lipinski definition) is 0. The zero-order valence-electron chi connectivity index (χ0n) is 20.1. The van der Waals surface area contributed by atoms with E-state index in [2.05, 4.69) is 15.9 Å². The van der Waals surface area contributed by atoms with Crippen molar-refractivity contribution < 1.29 is 46.5 Å². The molecule has 1 amide bonds. The maximum Gasteiger partial charge on any atom is 0.471 e. The van der Waals surface area contributed by atoms with Gasteiger partial charge in [0.05, 0.1) is 29.7 Å². The van der Waals surface area contributed by atoms with Gasteiger partial charge in [0.25, 0.3) is 0 Å². The van der Waals surface area contributed by atoms with Gasteiger partial charge in [-0.1, -0.05) is 12.1 Å². The average Bonchev–Trinajstić information content (AvgIpc) is 3.21. The highest BCUT2D eigenvalue weighted by atomic mass is 79.9. The quantitative estimate of drug-likeness (QED) is 0.367. The molecule has 0 aliphatic carbocycles. The van der Waals surface area contributed by atoms with E-state index in [-0.39, 0.29) is 49.5 Å². The monoisotopic (exact) mass is 607 g/mol. The van der Waals surface area contributed by atoms with Crippen LogP contribution in [0, 0.1) is 5.92 Å². The molecule has 1 aromatic carbocycles. The summed E-state index contributed by atoms with van der Waals surface area (Å²) in [7, 11) is 1.24. The first-order valence-corrected chi connectivity index (χ1v) is 12.9. The molecule has 1 aliphatic rings. The number of benzene rings is 1. The number of hydrogen-bond acceptors (Lipinski definition) is 8. The Morgan fingerprint density at radius 3 is 2.49 bits per heavy atom. The maximum atomic E-state index is 12.6. The highest BCUT2D eigenvalue weighted by Crippen LogP contribution is 2.46. The molecule has 1 aliphatic heterocycles. The molecule has 13 heteroatoms. The van der Waals surface area contributed by atoms with Crippen molar-refractivity contribution in [2.45, 2.75) is 25.9 Å². The largest absolute Gasteiger partial charge is 0.493 e. The molecule has 0 saturated carbocycles. The molecule has 37 heavy (non-hydrogen) atoms. The molecule has 3 rings (SSSR count). The lowest BCUT2D eigenvalue weighted by atomic mass is 9.97. The average molecular weight is 608 g/mol. The highest BCUT2D eigenvalue weighted by Gasteiger charge is 2.43. The van der Waals surface area contributed by atoms with E-state index in [1.54, 1.807) is 31.2 Å². The van der Waals surface area contributed by atoms with E-state index in [0.717, 1.165) is 16.2 Å². The SMILES string of the molecule is CCOC(=O)COc1c(C(=O)OC)sc(-c2cccc(OCC3CCN(C(=O)C(F)(F)F)CC3)c2)c1Br. The Labute approximate surface area is 223 Å². The summed E-state index contributed by atoms with van der Waals surface area (Å²) < 4.78 is 59.6. The molecule has 1 saturated heterocycles. The first-order chi connectivity index (χ1) is 17.5. The fourth-order valence-electron chi connectivity index (χ4n) is 3.69. The molecule has 1 fully saturated rings. The maximum absolute atomic E-state index is 12.6. The van der Waals surface area contributed by atoms with E-state index in [1.807, 2.05) is 0 Å². The number of piperidine rings is 1. The number of methoxy groups -OCH3 is 1. The zero-order valence-corrected chi connectivity index (χ0v) is 22.5. The molecule has 0 radical (unpaired) electrons. The van der Waals surface area contributed by atoms with Gasteiger partial charge >= 0.3 is 24.0 Å². The van der Waals surface area contributed by atoms with Crippen molar-refractivity contribution in [3.8, 4) is 21.9 Å². The minimum Gasteiger partial charge on any atom is -0.493 e. The first kappa shape index (κ1) is 28.8. The molecular formula is C24H25BrF3NO7S. The van der Waals surface area contributed by atoms with Gasteiger partial charge in [0.2, 0.25) is 0 Å². The Balaban J connectivity index is 1.69. The van der Waals surface area contributed by atoms with Crippen LogP contribution in [0.15, 0.2) is 28.7 Å². The van der Waals surface area contributed by atoms with Crippen LogP contribution in [0.5, 0.6) is 11.5 Å². The summed E-state index contributed by atoms with van der Waals surface area (Å²) in [5.41, 5.74) is 0.705. The van der Waals surface area contributed by atoms with Gasteiger partial charge in [-0.15, -0.1) is 11.3 Å². The molecular weight excluding hydrogens is 583 g/mol. The zero-order chi connectivity index (χ0) is 27.2. The standard InChI is InChI=1S/C24H25BrF3NO7S/c1-3-34-17(30)13-36-19-18(25)20(37-21(19)22(31)33-2)15-5-4-6-16(11-15)35-12-14-7-9-29(10-8-14)23(32)24(26,27)28/h4-6,11,14H,3,7-10,12-13H2,1-2H3. The van der Waals surface area contributed by atoms with Crippen LogP contribution >= 0.6 is 27.3 Å². The summed E-state index contributed by atoms with van der Waals surface area (Å²) >= 11 is 4.57. The van der Waals surface area contributed by atoms with Crippen LogP contribution in [-0.2, 0) is 19.1 Å². The fourth-order valence-corrected chi connectivity index (χ4v) is 5.66. The van der Waals surface area contributed by atoms with Crippen LogP contribution in [0.1, 0.15) is 29.4 Å². The number of amides is 1. The van der Waals surface area contributed by atoms with Gasteiger partial charge < -0.3 is 23.8 Å². The second kappa shape index (κ2) is 12.6. The van der Waals surface area contributed by atoms with Crippen molar-refractivity contribution in [3.63, 3.8) is 0 Å². The minimum atomic E-state index is -4.86. The molecule has 1 aromatic heterocycles. The number of esters is 2. The molecule has 8 nitrogen and oxygen atoms in total. The van der Waals surface area contributed by atoms with Crippen LogP contribution in [-0.4, -0.2) is 68.9 Å². The van der Waals surface area contributed by atoms with Gasteiger partial charge in [0.15, 0.2) is 17.2 Å². The predicted octanol–water partition coefficient (Wildman–Crippen LogP) is 5.09. The van der Waals surface area contributed by atoms with Crippen molar-refractivity contribution in [2.75, 3.05) is 40.0 Å². The summed E-state index contributed by atoms with van der Waals surface area (Å²) in [5.74, 6) is -2.33. The summed E-state index contributed by atoms with van der Waals surface area (Å²) in [6.07, 6.45) is -4.05. The van der Waals surface area contributed by atoms with E-state index < -0.39 is 24.0 Å². The van der Waals surface area contributed by atoms with E-state index in [0.29, 0.717) is 33.5 Å². The Bertz CT molecular complexity index is 1130. The number of carbonyl (C=O) groups excluding carboxylic acids is 3. The first-order valence-electron chi connectivity index (χ1n) is 11.3. The molecule has 2 heterocycles. The van der Waals surface area contributed by atoms with Gasteiger partial charge in [0, 0.05) is 13.1 Å². The van der Waals surface area contributed by atoms with Crippen LogP contribution in [0.4, 0.5) is 13.2 Å². The molecule has 202 valence electrons. The number of carbonyl (C=O) groups is 3. The Morgan fingerprint density at radius 1 is 1.16 bits per heavy atom. The lowest BCUT2D eigenvalue weighted by molar-refractivity contribution is -0.186. The topological polar surface area (TPSA) is 91.4 Å². The Morgan fingerprint density at radius 2 is 1.86 bits per heavy atom. The number of nitrogens with zero attached hydrogens (tertiary/aromatic N) is 1. The number of likely N-dealkylation sites (tertiary alicyclic amines) is 1. The van der Waals surface area contributed by atoms with Crippen molar-refractivity contribution in [2.24, 2.45) is 5.92 Å². The van der Waals surface area contributed by atoms with Gasteiger partial charge in [0.1, 0.15) is 5.75 Å². The Hall–Kier alpha value is -2.80. The van der Waals surface area contributed by atoms with Crippen molar-refractivity contribution in [3.05, 3.63) is 33.6 Å². The summed E-state index contributed by atoms with van der Waals surface area (Å²) in [6, 6.07) is 7.07. The summed E-state index contributed by atoms with van der Waals surface area (Å²) in [4.78, 5) is 37.1. The van der Waals surface area contributed by atoms with E-state index in [9.17, 15) is 27.6 Å². The third-order valence-corrected chi connectivity index (χ3v) is 7.76. The molecule has 0 bridgehead atoms. The fraction of sp³-hybridized carbons (Fsp3) is 0.458. The number of halogens is 4. The van der Waals surface area contributed by atoms with Crippen molar-refractivity contribution in [1.29, 1.82) is 0 Å². The van der Waals surface area contributed by atoms with Crippen LogP contribution < -0.4 is 9.47 Å². The van der Waals surface area contributed by atoms with Crippen LogP contribution in [0.2, 0.25) is 0 Å². The highest BCUT2D eigenvalue weighted by molar-refractivity contribution is 9.10. The van der Waals surface area contributed by atoms with Crippen molar-refractivity contribution >= 4 is 45.1 Å². The van der Waals surface area contributed by atoms with Crippen LogP contribution in [0.25, 0.3) is 10.4 Å². The number of rotatable bonds is 9. The minimum absolute atomic E-state index is 0.00298. The Kier molecular flexibility index (Phi) is 9.82. The normalized spacial score (nSPS) is 14.3. The van der Waals surface area contributed by atoms with Crippen molar-refractivity contribution in [1.82, 2.24) is 4.90 Å². The van der Waals surface area contributed by atoms with E-state index in [4.69, 9.17) is 18.9 Å². The lowest BCUT2D eigenvalue weighted by Gasteiger charge is -2.32. The van der Waals surface area contributed by atoms with Crippen LogP contribution in [0.3, 0.4) is 0 Å². The van der Waals surface area contributed by atoms with Gasteiger partial charge in [-0.05, 0) is 59.3 Å². The van der Waals surface area contributed by atoms with Gasteiger partial charge in [-0.25, -0.2) is 9.59 Å². The molecule has 0 atom stereocenters. The predicted molar refractivity (Wildman–Crippen MR) is 132 cm³/mol.